The van der Waals surface area contributed by atoms with Crippen molar-refractivity contribution in [3.63, 3.8) is 0 Å². The lowest BCUT2D eigenvalue weighted by atomic mass is 10.2. The summed E-state index contributed by atoms with van der Waals surface area (Å²) >= 11 is 0. The predicted octanol–water partition coefficient (Wildman–Crippen LogP) is 0.00620. The zero-order valence-corrected chi connectivity index (χ0v) is 8.32. The van der Waals surface area contributed by atoms with Crippen molar-refractivity contribution in [2.24, 2.45) is 5.92 Å². The van der Waals surface area contributed by atoms with Gasteiger partial charge in [0.25, 0.3) is 0 Å². The van der Waals surface area contributed by atoms with Crippen LogP contribution in [0.15, 0.2) is 0 Å². The van der Waals surface area contributed by atoms with Gasteiger partial charge in [0.1, 0.15) is 0 Å². The first-order valence-electron chi connectivity index (χ1n) is 5.30. The van der Waals surface area contributed by atoms with E-state index in [0.717, 1.165) is 0 Å². The largest absolute Gasteiger partial charge is 0.394 e. The number of amides is 1. The normalized spacial score (nSPS) is 27.8. The number of hydrogen-bond donors (Lipinski definition) is 1. The van der Waals surface area contributed by atoms with Gasteiger partial charge in [0.05, 0.1) is 19.3 Å². The average Bonchev–Trinajstić information content (AvgIpc) is 3.02. The molecule has 2 rings (SSSR count). The summed E-state index contributed by atoms with van der Waals surface area (Å²) in [7, 11) is 0. The predicted molar refractivity (Wildman–Crippen MR) is 50.7 cm³/mol. The van der Waals surface area contributed by atoms with Crippen LogP contribution in [0.25, 0.3) is 0 Å². The second-order valence-electron chi connectivity index (χ2n) is 4.16. The molecule has 0 aromatic rings. The third-order valence-electron chi connectivity index (χ3n) is 2.86. The Morgan fingerprint density at radius 1 is 1.50 bits per heavy atom. The van der Waals surface area contributed by atoms with E-state index in [1.807, 2.05) is 4.90 Å². The molecule has 1 unspecified atom stereocenters. The maximum atomic E-state index is 11.7. The Balaban J connectivity index is 1.79. The van der Waals surface area contributed by atoms with Crippen molar-refractivity contribution in [1.82, 2.24) is 4.90 Å². The van der Waals surface area contributed by atoms with E-state index in [-0.39, 0.29) is 18.6 Å². The third kappa shape index (κ3) is 2.45. The SMILES string of the molecule is O=C(CC1CC1)N1CCOC(CO)C1. The smallest absolute Gasteiger partial charge is 0.223 e. The maximum Gasteiger partial charge on any atom is 0.223 e. The molecule has 0 bridgehead atoms. The van der Waals surface area contributed by atoms with Crippen molar-refractivity contribution >= 4 is 5.91 Å². The summed E-state index contributed by atoms with van der Waals surface area (Å²) in [6, 6.07) is 0. The van der Waals surface area contributed by atoms with Crippen molar-refractivity contribution in [2.75, 3.05) is 26.3 Å². The Bertz CT molecular complexity index is 215. The fourth-order valence-electron chi connectivity index (χ4n) is 1.75. The van der Waals surface area contributed by atoms with Crippen LogP contribution < -0.4 is 0 Å². The molecule has 1 atom stereocenters. The highest BCUT2D eigenvalue weighted by atomic mass is 16.5. The van der Waals surface area contributed by atoms with Gasteiger partial charge in [-0.25, -0.2) is 0 Å². The molecule has 80 valence electrons. The van der Waals surface area contributed by atoms with Gasteiger partial charge < -0.3 is 14.7 Å². The Labute approximate surface area is 83.8 Å². The van der Waals surface area contributed by atoms with E-state index >= 15 is 0 Å². The van der Waals surface area contributed by atoms with E-state index in [9.17, 15) is 4.79 Å². The number of nitrogens with zero attached hydrogens (tertiary/aromatic N) is 1. The zero-order valence-electron chi connectivity index (χ0n) is 8.32. The second-order valence-corrected chi connectivity index (χ2v) is 4.16. The summed E-state index contributed by atoms with van der Waals surface area (Å²) in [4.78, 5) is 13.5. The minimum Gasteiger partial charge on any atom is -0.394 e. The number of aliphatic hydroxyl groups excluding tert-OH is 1. The molecule has 1 N–H and O–H groups in total. The molecule has 0 spiro atoms. The van der Waals surface area contributed by atoms with Crippen LogP contribution in [-0.4, -0.2) is 48.3 Å². The quantitative estimate of drug-likeness (QED) is 0.696. The first-order valence-corrected chi connectivity index (χ1v) is 5.30. The molecule has 1 aliphatic carbocycles. The van der Waals surface area contributed by atoms with Crippen LogP contribution >= 0.6 is 0 Å². The fourth-order valence-corrected chi connectivity index (χ4v) is 1.75. The van der Waals surface area contributed by atoms with Gasteiger partial charge in [-0.15, -0.1) is 0 Å². The first kappa shape index (κ1) is 9.93. The summed E-state index contributed by atoms with van der Waals surface area (Å²) in [5.41, 5.74) is 0. The molecule has 0 aromatic heterocycles. The molecule has 2 fully saturated rings. The minimum absolute atomic E-state index is 0.00715. The lowest BCUT2D eigenvalue weighted by molar-refractivity contribution is -0.140. The van der Waals surface area contributed by atoms with Gasteiger partial charge in [0, 0.05) is 19.5 Å². The maximum absolute atomic E-state index is 11.7. The first-order chi connectivity index (χ1) is 6.79. The second kappa shape index (κ2) is 4.28. The van der Waals surface area contributed by atoms with Gasteiger partial charge in [0.15, 0.2) is 0 Å². The molecule has 1 aliphatic heterocycles. The van der Waals surface area contributed by atoms with Crippen LogP contribution in [0.2, 0.25) is 0 Å². The highest BCUT2D eigenvalue weighted by Gasteiger charge is 2.29. The van der Waals surface area contributed by atoms with E-state index in [0.29, 0.717) is 32.0 Å². The average molecular weight is 199 g/mol. The number of carbonyl (C=O) groups is 1. The van der Waals surface area contributed by atoms with Crippen molar-refractivity contribution < 1.29 is 14.6 Å². The summed E-state index contributed by atoms with van der Waals surface area (Å²) in [6.45, 7) is 1.80. The van der Waals surface area contributed by atoms with Gasteiger partial charge >= 0.3 is 0 Å². The van der Waals surface area contributed by atoms with Gasteiger partial charge in [-0.2, -0.15) is 0 Å². The summed E-state index contributed by atoms with van der Waals surface area (Å²) < 4.78 is 5.28. The van der Waals surface area contributed by atoms with Crippen molar-refractivity contribution in [3.05, 3.63) is 0 Å². The monoisotopic (exact) mass is 199 g/mol. The molecular weight excluding hydrogens is 182 g/mol. The van der Waals surface area contributed by atoms with E-state index in [2.05, 4.69) is 0 Å². The number of hydrogen-bond acceptors (Lipinski definition) is 3. The van der Waals surface area contributed by atoms with Gasteiger partial charge in [0.2, 0.25) is 5.91 Å². The molecular formula is C10H17NO3. The van der Waals surface area contributed by atoms with Gasteiger partial charge in [-0.1, -0.05) is 0 Å². The summed E-state index contributed by atoms with van der Waals surface area (Å²) in [5.74, 6) is 0.868. The topological polar surface area (TPSA) is 49.8 Å². The Morgan fingerprint density at radius 3 is 2.93 bits per heavy atom. The molecule has 0 aromatic carbocycles. The van der Waals surface area contributed by atoms with E-state index in [4.69, 9.17) is 9.84 Å². The standard InChI is InChI=1S/C10H17NO3/c12-7-9-6-11(3-4-14-9)10(13)5-8-1-2-8/h8-9,12H,1-7H2. The van der Waals surface area contributed by atoms with Crippen LogP contribution in [0.5, 0.6) is 0 Å². The van der Waals surface area contributed by atoms with Crippen LogP contribution in [0.1, 0.15) is 19.3 Å². The number of rotatable bonds is 3. The molecule has 0 radical (unpaired) electrons. The van der Waals surface area contributed by atoms with Crippen LogP contribution in [0.3, 0.4) is 0 Å². The minimum atomic E-state index is -0.174. The Hall–Kier alpha value is -0.610. The summed E-state index contributed by atoms with van der Waals surface area (Å²) in [5, 5.41) is 8.92. The summed E-state index contributed by atoms with van der Waals surface area (Å²) in [6.07, 6.45) is 2.93. The molecule has 1 amide bonds. The van der Waals surface area contributed by atoms with Crippen LogP contribution in [0, 0.1) is 5.92 Å². The third-order valence-corrected chi connectivity index (χ3v) is 2.86. The highest BCUT2D eigenvalue weighted by Crippen LogP contribution is 2.33. The van der Waals surface area contributed by atoms with E-state index in [1.165, 1.54) is 12.8 Å². The lowest BCUT2D eigenvalue weighted by Gasteiger charge is -2.32. The molecule has 4 heteroatoms. The van der Waals surface area contributed by atoms with Crippen molar-refractivity contribution in [3.8, 4) is 0 Å². The van der Waals surface area contributed by atoms with E-state index in [1.54, 1.807) is 0 Å². The van der Waals surface area contributed by atoms with Crippen LogP contribution in [0.4, 0.5) is 0 Å². The molecule has 1 saturated carbocycles. The van der Waals surface area contributed by atoms with Gasteiger partial charge in [-0.05, 0) is 18.8 Å². The lowest BCUT2D eigenvalue weighted by Crippen LogP contribution is -2.46. The molecule has 1 saturated heterocycles. The van der Waals surface area contributed by atoms with E-state index < -0.39 is 0 Å². The van der Waals surface area contributed by atoms with Gasteiger partial charge in [-0.3, -0.25) is 4.79 Å². The van der Waals surface area contributed by atoms with Crippen molar-refractivity contribution in [1.29, 1.82) is 0 Å². The van der Waals surface area contributed by atoms with Crippen LogP contribution in [-0.2, 0) is 9.53 Å². The number of carbonyl (C=O) groups excluding carboxylic acids is 1. The zero-order chi connectivity index (χ0) is 9.97. The number of morpholine rings is 1. The highest BCUT2D eigenvalue weighted by molar-refractivity contribution is 5.76. The number of ether oxygens (including phenoxy) is 1. The van der Waals surface area contributed by atoms with Crippen molar-refractivity contribution in [2.45, 2.75) is 25.4 Å². The molecule has 4 nitrogen and oxygen atoms in total. The number of aliphatic hydroxyl groups is 1. The molecule has 1 heterocycles. The Kier molecular flexibility index (Phi) is 3.03. The molecule has 14 heavy (non-hydrogen) atoms. The Morgan fingerprint density at radius 2 is 2.29 bits per heavy atom. The fraction of sp³-hybridized carbons (Fsp3) is 0.900. The molecule has 2 aliphatic rings.